The molecule has 0 atom stereocenters. The summed E-state index contributed by atoms with van der Waals surface area (Å²) in [5.74, 6) is 0.439. The van der Waals surface area contributed by atoms with Gasteiger partial charge in [0.1, 0.15) is 19.0 Å². The molecular formula is C25H18Cl3NO4S. The van der Waals surface area contributed by atoms with Crippen LogP contribution in [0.1, 0.15) is 11.1 Å². The number of ether oxygens (including phenoxy) is 2. The molecule has 1 aliphatic rings. The Morgan fingerprint density at radius 1 is 0.853 bits per heavy atom. The van der Waals surface area contributed by atoms with E-state index in [1.54, 1.807) is 42.5 Å². The van der Waals surface area contributed by atoms with E-state index in [9.17, 15) is 9.59 Å². The number of para-hydroxylation sites is 1. The van der Waals surface area contributed by atoms with Crippen LogP contribution in [0.4, 0.5) is 4.79 Å². The first-order valence-corrected chi connectivity index (χ1v) is 12.2. The molecular weight excluding hydrogens is 517 g/mol. The number of benzene rings is 3. The standard InChI is InChI=1S/C25H18Cl3NO4S/c26-18-8-4-5-9-21(18)32-11-10-29-24(30)22(34-25(29)31)14-17-12-19(27)23(20(28)13-17)33-15-16-6-2-1-3-7-16/h1-9,12-14H,10-11,15H2/b22-14-. The summed E-state index contributed by atoms with van der Waals surface area (Å²) in [7, 11) is 0. The van der Waals surface area contributed by atoms with Gasteiger partial charge in [0.15, 0.2) is 5.75 Å². The number of imide groups is 1. The van der Waals surface area contributed by atoms with E-state index < -0.39 is 5.91 Å². The summed E-state index contributed by atoms with van der Waals surface area (Å²) in [6, 6.07) is 19.9. The molecule has 5 nitrogen and oxygen atoms in total. The molecule has 0 unspecified atom stereocenters. The van der Waals surface area contributed by atoms with Crippen LogP contribution in [0.15, 0.2) is 71.6 Å². The summed E-state index contributed by atoms with van der Waals surface area (Å²) in [4.78, 5) is 26.5. The molecule has 4 rings (SSSR count). The maximum Gasteiger partial charge on any atom is 0.293 e. The molecule has 2 amide bonds. The van der Waals surface area contributed by atoms with Gasteiger partial charge in [-0.15, -0.1) is 0 Å². The fourth-order valence-corrected chi connectivity index (χ4v) is 4.85. The van der Waals surface area contributed by atoms with Crippen molar-refractivity contribution in [1.29, 1.82) is 0 Å². The van der Waals surface area contributed by atoms with Crippen LogP contribution in [0, 0.1) is 0 Å². The molecule has 1 aliphatic heterocycles. The lowest BCUT2D eigenvalue weighted by molar-refractivity contribution is -0.123. The van der Waals surface area contributed by atoms with E-state index in [0.717, 1.165) is 22.2 Å². The summed E-state index contributed by atoms with van der Waals surface area (Å²) in [5.41, 5.74) is 1.56. The van der Waals surface area contributed by atoms with E-state index in [4.69, 9.17) is 44.3 Å². The highest BCUT2D eigenvalue weighted by Crippen LogP contribution is 2.37. The minimum absolute atomic E-state index is 0.0982. The zero-order chi connectivity index (χ0) is 24.1. The second-order valence-electron chi connectivity index (χ2n) is 7.20. The van der Waals surface area contributed by atoms with Gasteiger partial charge in [-0.3, -0.25) is 14.5 Å². The molecule has 9 heteroatoms. The maximum atomic E-state index is 12.8. The van der Waals surface area contributed by atoms with Gasteiger partial charge >= 0.3 is 0 Å². The fourth-order valence-electron chi connectivity index (χ4n) is 3.18. The van der Waals surface area contributed by atoms with Gasteiger partial charge in [-0.05, 0) is 53.2 Å². The Morgan fingerprint density at radius 3 is 2.24 bits per heavy atom. The molecule has 1 saturated heterocycles. The molecule has 0 spiro atoms. The van der Waals surface area contributed by atoms with E-state index in [-0.39, 0.29) is 23.3 Å². The third kappa shape index (κ3) is 5.88. The molecule has 0 aliphatic carbocycles. The smallest absolute Gasteiger partial charge is 0.293 e. The lowest BCUT2D eigenvalue weighted by Crippen LogP contribution is -2.32. The van der Waals surface area contributed by atoms with Crippen molar-refractivity contribution in [3.63, 3.8) is 0 Å². The monoisotopic (exact) mass is 533 g/mol. The molecule has 34 heavy (non-hydrogen) atoms. The lowest BCUT2D eigenvalue weighted by atomic mass is 10.2. The minimum Gasteiger partial charge on any atom is -0.490 e. The molecule has 0 bridgehead atoms. The van der Waals surface area contributed by atoms with Crippen LogP contribution >= 0.6 is 46.6 Å². The number of nitrogens with zero attached hydrogens (tertiary/aromatic N) is 1. The molecule has 0 aromatic heterocycles. The second kappa shape index (κ2) is 11.2. The molecule has 0 radical (unpaired) electrons. The van der Waals surface area contributed by atoms with E-state index in [2.05, 4.69) is 0 Å². The first-order chi connectivity index (χ1) is 16.4. The molecule has 0 N–H and O–H groups in total. The number of halogens is 3. The van der Waals surface area contributed by atoms with Crippen LogP contribution in [0.3, 0.4) is 0 Å². The fraction of sp³-hybridized carbons (Fsp3) is 0.120. The van der Waals surface area contributed by atoms with Gasteiger partial charge in [0, 0.05) is 0 Å². The zero-order valence-electron chi connectivity index (χ0n) is 17.7. The summed E-state index contributed by atoms with van der Waals surface area (Å²) < 4.78 is 11.4. The van der Waals surface area contributed by atoms with Crippen molar-refractivity contribution in [3.8, 4) is 11.5 Å². The summed E-state index contributed by atoms with van der Waals surface area (Å²) in [5, 5.41) is 0.699. The topological polar surface area (TPSA) is 55.8 Å². The van der Waals surface area contributed by atoms with E-state index in [1.807, 2.05) is 30.3 Å². The van der Waals surface area contributed by atoms with E-state index >= 15 is 0 Å². The second-order valence-corrected chi connectivity index (χ2v) is 9.41. The number of amides is 2. The lowest BCUT2D eigenvalue weighted by Gasteiger charge is -2.13. The van der Waals surface area contributed by atoms with E-state index in [0.29, 0.717) is 38.7 Å². The van der Waals surface area contributed by atoms with Crippen molar-refractivity contribution in [3.05, 3.63) is 97.8 Å². The summed E-state index contributed by atoms with van der Waals surface area (Å²) in [6.45, 7) is 0.538. The number of thioether (sulfide) groups is 1. The molecule has 1 fully saturated rings. The molecule has 3 aromatic carbocycles. The number of rotatable bonds is 8. The van der Waals surface area contributed by atoms with Crippen molar-refractivity contribution in [2.45, 2.75) is 6.61 Å². The summed E-state index contributed by atoms with van der Waals surface area (Å²) in [6.07, 6.45) is 1.58. The Labute approximate surface area is 216 Å². The third-order valence-electron chi connectivity index (χ3n) is 4.83. The van der Waals surface area contributed by atoms with Crippen molar-refractivity contribution >= 4 is 63.8 Å². The van der Waals surface area contributed by atoms with Crippen LogP contribution in [0.5, 0.6) is 11.5 Å². The summed E-state index contributed by atoms with van der Waals surface area (Å²) >= 11 is 19.7. The van der Waals surface area contributed by atoms with Crippen molar-refractivity contribution < 1.29 is 19.1 Å². The Balaban J connectivity index is 1.41. The predicted octanol–water partition coefficient (Wildman–Crippen LogP) is 7.34. The van der Waals surface area contributed by atoms with Crippen LogP contribution < -0.4 is 9.47 Å². The first-order valence-electron chi connectivity index (χ1n) is 10.2. The average molecular weight is 535 g/mol. The Kier molecular flexibility index (Phi) is 8.06. The largest absolute Gasteiger partial charge is 0.490 e. The van der Waals surface area contributed by atoms with Gasteiger partial charge in [0.05, 0.1) is 26.5 Å². The molecule has 1 heterocycles. The van der Waals surface area contributed by atoms with Gasteiger partial charge in [-0.1, -0.05) is 77.3 Å². The first kappa shape index (κ1) is 24.5. The van der Waals surface area contributed by atoms with Crippen LogP contribution in [0.25, 0.3) is 6.08 Å². The quantitative estimate of drug-likeness (QED) is 0.283. The zero-order valence-corrected chi connectivity index (χ0v) is 20.8. The maximum absolute atomic E-state index is 12.8. The Morgan fingerprint density at radius 2 is 1.53 bits per heavy atom. The number of hydrogen-bond acceptors (Lipinski definition) is 5. The van der Waals surface area contributed by atoms with Crippen molar-refractivity contribution in [2.75, 3.05) is 13.2 Å². The molecule has 3 aromatic rings. The van der Waals surface area contributed by atoms with Gasteiger partial charge in [-0.25, -0.2) is 0 Å². The number of hydrogen-bond donors (Lipinski definition) is 0. The third-order valence-corrected chi connectivity index (χ3v) is 6.61. The van der Waals surface area contributed by atoms with Crippen LogP contribution in [0.2, 0.25) is 15.1 Å². The van der Waals surface area contributed by atoms with Crippen LogP contribution in [-0.4, -0.2) is 29.2 Å². The molecule has 0 saturated carbocycles. The highest BCUT2D eigenvalue weighted by molar-refractivity contribution is 8.18. The highest BCUT2D eigenvalue weighted by Gasteiger charge is 2.35. The molecule has 174 valence electrons. The van der Waals surface area contributed by atoms with Gasteiger partial charge in [0.25, 0.3) is 11.1 Å². The minimum atomic E-state index is -0.408. The normalized spacial score (nSPS) is 14.7. The van der Waals surface area contributed by atoms with E-state index in [1.165, 1.54) is 0 Å². The van der Waals surface area contributed by atoms with Gasteiger partial charge in [0.2, 0.25) is 0 Å². The Bertz CT molecular complexity index is 1230. The Hall–Kier alpha value is -2.64. The SMILES string of the molecule is O=C1S/C(=C\c2cc(Cl)c(OCc3ccccc3)c(Cl)c2)C(=O)N1CCOc1ccccc1Cl. The number of carbonyl (C=O) groups excluding carboxylic acids is 2. The predicted molar refractivity (Wildman–Crippen MR) is 137 cm³/mol. The van der Waals surface area contributed by atoms with Crippen LogP contribution in [-0.2, 0) is 11.4 Å². The van der Waals surface area contributed by atoms with Crippen molar-refractivity contribution in [1.82, 2.24) is 4.90 Å². The van der Waals surface area contributed by atoms with Gasteiger partial charge in [-0.2, -0.15) is 0 Å². The van der Waals surface area contributed by atoms with Gasteiger partial charge < -0.3 is 9.47 Å². The highest BCUT2D eigenvalue weighted by atomic mass is 35.5. The average Bonchev–Trinajstić information content (AvgIpc) is 3.07. The number of carbonyl (C=O) groups is 2. The van der Waals surface area contributed by atoms with Crippen molar-refractivity contribution in [2.24, 2.45) is 0 Å².